The van der Waals surface area contributed by atoms with E-state index in [-0.39, 0.29) is 10.9 Å². The molecule has 1 atom stereocenters. The van der Waals surface area contributed by atoms with Crippen molar-refractivity contribution in [2.75, 3.05) is 19.3 Å². The Morgan fingerprint density at radius 2 is 1.71 bits per heavy atom. The molecule has 0 aliphatic carbocycles. The number of aromatic nitrogens is 2. The molecule has 0 N–H and O–H groups in total. The van der Waals surface area contributed by atoms with Gasteiger partial charge in [0.25, 0.3) is 0 Å². The minimum atomic E-state index is -3.20. The van der Waals surface area contributed by atoms with E-state index >= 15 is 0 Å². The van der Waals surface area contributed by atoms with Gasteiger partial charge in [0.05, 0.1) is 10.9 Å². The standard InChI is InChI=1S/C17H23N3O3S/c1-13(20-11-5-3-4-6-12-20)17-18-16(19-23-17)14-7-9-15(10-8-14)24(2,21)22/h7-10,13H,3-6,11-12H2,1-2H3/t13-/m0/s1. The van der Waals surface area contributed by atoms with Gasteiger partial charge in [0.15, 0.2) is 9.84 Å². The predicted molar refractivity (Wildman–Crippen MR) is 91.3 cm³/mol. The molecule has 130 valence electrons. The zero-order valence-electron chi connectivity index (χ0n) is 14.1. The summed E-state index contributed by atoms with van der Waals surface area (Å²) in [6, 6.07) is 6.65. The van der Waals surface area contributed by atoms with Crippen molar-refractivity contribution in [2.45, 2.75) is 43.5 Å². The van der Waals surface area contributed by atoms with Crippen LogP contribution in [-0.4, -0.2) is 42.8 Å². The van der Waals surface area contributed by atoms with E-state index in [1.54, 1.807) is 24.3 Å². The Kier molecular flexibility index (Phi) is 5.01. The average molecular weight is 349 g/mol. The van der Waals surface area contributed by atoms with Crippen molar-refractivity contribution in [2.24, 2.45) is 0 Å². The van der Waals surface area contributed by atoms with Crippen LogP contribution in [0, 0.1) is 0 Å². The van der Waals surface area contributed by atoms with E-state index < -0.39 is 9.84 Å². The van der Waals surface area contributed by atoms with Crippen LogP contribution >= 0.6 is 0 Å². The van der Waals surface area contributed by atoms with Crippen molar-refractivity contribution in [3.63, 3.8) is 0 Å². The van der Waals surface area contributed by atoms with Gasteiger partial charge >= 0.3 is 0 Å². The highest BCUT2D eigenvalue weighted by Gasteiger charge is 2.22. The van der Waals surface area contributed by atoms with Crippen LogP contribution in [0.1, 0.15) is 44.5 Å². The van der Waals surface area contributed by atoms with Crippen LogP contribution in [0.25, 0.3) is 11.4 Å². The number of rotatable bonds is 4. The molecule has 2 aromatic rings. The molecule has 0 saturated carbocycles. The Hall–Kier alpha value is -1.73. The van der Waals surface area contributed by atoms with Crippen LogP contribution in [-0.2, 0) is 9.84 Å². The third-order valence-electron chi connectivity index (χ3n) is 4.53. The van der Waals surface area contributed by atoms with Crippen LogP contribution in [0.3, 0.4) is 0 Å². The van der Waals surface area contributed by atoms with Gasteiger partial charge in [0.1, 0.15) is 0 Å². The van der Waals surface area contributed by atoms with Crippen LogP contribution in [0.2, 0.25) is 0 Å². The van der Waals surface area contributed by atoms with Crippen molar-refractivity contribution in [1.29, 1.82) is 0 Å². The van der Waals surface area contributed by atoms with E-state index in [0.717, 1.165) is 18.7 Å². The largest absolute Gasteiger partial charge is 0.337 e. The maximum atomic E-state index is 11.5. The van der Waals surface area contributed by atoms with E-state index in [9.17, 15) is 8.42 Å². The molecule has 0 amide bonds. The van der Waals surface area contributed by atoms with Crippen LogP contribution in [0.15, 0.2) is 33.7 Å². The fraction of sp³-hybridized carbons (Fsp3) is 0.529. The molecule has 24 heavy (non-hydrogen) atoms. The highest BCUT2D eigenvalue weighted by Crippen LogP contribution is 2.25. The number of sulfone groups is 1. The van der Waals surface area contributed by atoms with E-state index in [2.05, 4.69) is 22.0 Å². The van der Waals surface area contributed by atoms with Gasteiger partial charge in [-0.2, -0.15) is 4.98 Å². The van der Waals surface area contributed by atoms with Crippen molar-refractivity contribution in [3.8, 4) is 11.4 Å². The first-order chi connectivity index (χ1) is 11.4. The lowest BCUT2D eigenvalue weighted by Crippen LogP contribution is -2.28. The lowest BCUT2D eigenvalue weighted by Gasteiger charge is -2.24. The van der Waals surface area contributed by atoms with E-state index in [1.165, 1.54) is 31.9 Å². The van der Waals surface area contributed by atoms with Gasteiger partial charge < -0.3 is 4.52 Å². The minimum absolute atomic E-state index is 0.0969. The molecular weight excluding hydrogens is 326 g/mol. The maximum absolute atomic E-state index is 11.5. The second-order valence-electron chi connectivity index (χ2n) is 6.38. The molecule has 1 fully saturated rings. The molecule has 0 radical (unpaired) electrons. The monoisotopic (exact) mass is 349 g/mol. The quantitative estimate of drug-likeness (QED) is 0.844. The van der Waals surface area contributed by atoms with Crippen molar-refractivity contribution < 1.29 is 12.9 Å². The second-order valence-corrected chi connectivity index (χ2v) is 8.39. The third kappa shape index (κ3) is 3.84. The molecule has 0 bridgehead atoms. The number of hydrogen-bond donors (Lipinski definition) is 0. The van der Waals surface area contributed by atoms with Crippen LogP contribution < -0.4 is 0 Å². The molecule has 1 aromatic heterocycles. The van der Waals surface area contributed by atoms with Crippen molar-refractivity contribution >= 4 is 9.84 Å². The molecule has 7 heteroatoms. The number of likely N-dealkylation sites (tertiary alicyclic amines) is 1. The molecule has 1 aliphatic heterocycles. The summed E-state index contributed by atoms with van der Waals surface area (Å²) in [5.41, 5.74) is 0.750. The first-order valence-corrected chi connectivity index (χ1v) is 10.2. The van der Waals surface area contributed by atoms with E-state index in [0.29, 0.717) is 11.7 Å². The first kappa shape index (κ1) is 17.1. The highest BCUT2D eigenvalue weighted by atomic mass is 32.2. The van der Waals surface area contributed by atoms with Crippen LogP contribution in [0.4, 0.5) is 0 Å². The van der Waals surface area contributed by atoms with Crippen LogP contribution in [0.5, 0.6) is 0 Å². The Balaban J connectivity index is 1.77. The van der Waals surface area contributed by atoms with Crippen molar-refractivity contribution in [3.05, 3.63) is 30.2 Å². The van der Waals surface area contributed by atoms with Gasteiger partial charge in [-0.15, -0.1) is 0 Å². The van der Waals surface area contributed by atoms with Gasteiger partial charge in [0.2, 0.25) is 11.7 Å². The van der Waals surface area contributed by atoms with Gasteiger partial charge in [-0.3, -0.25) is 4.90 Å². The lowest BCUT2D eigenvalue weighted by molar-refractivity contribution is 0.179. The van der Waals surface area contributed by atoms with Gasteiger partial charge in [-0.05, 0) is 57.1 Å². The molecule has 1 aromatic carbocycles. The Morgan fingerprint density at radius 1 is 1.08 bits per heavy atom. The third-order valence-corrected chi connectivity index (χ3v) is 5.66. The molecule has 6 nitrogen and oxygen atoms in total. The smallest absolute Gasteiger partial charge is 0.244 e. The van der Waals surface area contributed by atoms with Gasteiger partial charge in [-0.25, -0.2) is 8.42 Å². The maximum Gasteiger partial charge on any atom is 0.244 e. The Morgan fingerprint density at radius 3 is 2.29 bits per heavy atom. The summed E-state index contributed by atoms with van der Waals surface area (Å²) in [4.78, 5) is 7.18. The zero-order valence-corrected chi connectivity index (χ0v) is 14.9. The molecule has 1 aliphatic rings. The minimum Gasteiger partial charge on any atom is -0.337 e. The molecule has 0 spiro atoms. The summed E-state index contributed by atoms with van der Waals surface area (Å²) in [5, 5.41) is 4.06. The normalized spacial score (nSPS) is 18.2. The second kappa shape index (κ2) is 7.03. The summed E-state index contributed by atoms with van der Waals surface area (Å²) >= 11 is 0. The molecule has 2 heterocycles. The number of nitrogens with zero attached hydrogens (tertiary/aromatic N) is 3. The predicted octanol–water partition coefficient (Wildman–Crippen LogP) is 3.08. The fourth-order valence-electron chi connectivity index (χ4n) is 3.01. The average Bonchev–Trinajstić information content (AvgIpc) is 2.89. The summed E-state index contributed by atoms with van der Waals surface area (Å²) in [7, 11) is -3.20. The summed E-state index contributed by atoms with van der Waals surface area (Å²) in [5.74, 6) is 1.10. The summed E-state index contributed by atoms with van der Waals surface area (Å²) < 4.78 is 28.5. The number of hydrogen-bond acceptors (Lipinski definition) is 6. The summed E-state index contributed by atoms with van der Waals surface area (Å²) in [6.45, 7) is 4.21. The van der Waals surface area contributed by atoms with Gasteiger partial charge in [0, 0.05) is 11.8 Å². The Bertz CT molecular complexity index is 776. The lowest BCUT2D eigenvalue weighted by atomic mass is 10.2. The molecule has 3 rings (SSSR count). The van der Waals surface area contributed by atoms with Gasteiger partial charge in [-0.1, -0.05) is 18.0 Å². The fourth-order valence-corrected chi connectivity index (χ4v) is 3.64. The number of benzene rings is 1. The molecule has 0 unspecified atom stereocenters. The summed E-state index contributed by atoms with van der Waals surface area (Å²) in [6.07, 6.45) is 6.17. The Labute approximate surface area is 142 Å². The molecular formula is C17H23N3O3S. The van der Waals surface area contributed by atoms with Crippen molar-refractivity contribution in [1.82, 2.24) is 15.0 Å². The zero-order chi connectivity index (χ0) is 17.2. The molecule has 1 saturated heterocycles. The van der Waals surface area contributed by atoms with E-state index in [1.807, 2.05) is 0 Å². The van der Waals surface area contributed by atoms with E-state index in [4.69, 9.17) is 4.52 Å². The first-order valence-electron chi connectivity index (χ1n) is 8.33. The highest BCUT2D eigenvalue weighted by molar-refractivity contribution is 7.90. The SMILES string of the molecule is C[C@@H](c1nc(-c2ccc(S(C)(=O)=O)cc2)no1)N1CCCCCC1. The topological polar surface area (TPSA) is 76.3 Å².